The van der Waals surface area contributed by atoms with Gasteiger partial charge in [-0.15, -0.1) is 0 Å². The second-order valence-corrected chi connectivity index (χ2v) is 5.68. The molecule has 2 rings (SSSR count). The minimum absolute atomic E-state index is 0.221. The summed E-state index contributed by atoms with van der Waals surface area (Å²) in [7, 11) is 1.49. The molecule has 21 heavy (non-hydrogen) atoms. The molecular formula is C13H16F3N3O2. The van der Waals surface area contributed by atoms with Crippen LogP contribution in [0.4, 0.5) is 13.2 Å². The van der Waals surface area contributed by atoms with E-state index in [9.17, 15) is 28.0 Å². The van der Waals surface area contributed by atoms with Crippen LogP contribution in [0, 0.1) is 17.2 Å². The number of alkyl halides is 3. The highest BCUT2D eigenvalue weighted by atomic mass is 19.4. The highest BCUT2D eigenvalue weighted by molar-refractivity contribution is 5.89. The van der Waals surface area contributed by atoms with Crippen LogP contribution < -0.4 is 0 Å². The predicted octanol–water partition coefficient (Wildman–Crippen LogP) is 1.30. The molecule has 1 heterocycles. The maximum Gasteiger partial charge on any atom is 0.406 e. The molecule has 1 saturated heterocycles. The van der Waals surface area contributed by atoms with Crippen molar-refractivity contribution in [2.24, 2.45) is 5.92 Å². The molecule has 1 saturated carbocycles. The maximum absolute atomic E-state index is 12.3. The first kappa shape index (κ1) is 15.6. The summed E-state index contributed by atoms with van der Waals surface area (Å²) in [5.41, 5.74) is -0.850. The van der Waals surface area contributed by atoms with Crippen LogP contribution in [0.15, 0.2) is 0 Å². The summed E-state index contributed by atoms with van der Waals surface area (Å²) in [5.74, 6) is -1.89. The first-order valence-electron chi connectivity index (χ1n) is 6.72. The Balaban J connectivity index is 2.02. The van der Waals surface area contributed by atoms with Crippen LogP contribution in [-0.4, -0.2) is 53.5 Å². The largest absolute Gasteiger partial charge is 0.406 e. The van der Waals surface area contributed by atoms with E-state index in [1.807, 2.05) is 0 Å². The Hall–Kier alpha value is -1.78. The van der Waals surface area contributed by atoms with Crippen molar-refractivity contribution < 1.29 is 22.8 Å². The second-order valence-electron chi connectivity index (χ2n) is 5.68. The number of carbonyl (C=O) groups excluding carboxylic acids is 2. The van der Waals surface area contributed by atoms with Crippen LogP contribution in [0.25, 0.3) is 0 Å². The van der Waals surface area contributed by atoms with Crippen molar-refractivity contribution in [2.45, 2.75) is 37.4 Å². The number of carbonyl (C=O) groups is 2. The molecule has 5 nitrogen and oxygen atoms in total. The van der Waals surface area contributed by atoms with E-state index in [2.05, 4.69) is 6.07 Å². The van der Waals surface area contributed by atoms with Crippen molar-refractivity contribution >= 4 is 11.8 Å². The van der Waals surface area contributed by atoms with Crippen LogP contribution in [0.3, 0.4) is 0 Å². The molecule has 1 atom stereocenters. The molecule has 0 aromatic rings. The standard InChI is InChI=1S/C13H16F3N3O2/c1-18(12(7-17)3-2-4-12)11(21)9-5-10(20)19(6-9)8-13(14,15)16/h9H,2-6,8H2,1H3. The highest BCUT2D eigenvalue weighted by Gasteiger charge is 2.47. The number of nitriles is 1. The summed E-state index contributed by atoms with van der Waals surface area (Å²) in [6, 6.07) is 2.11. The highest BCUT2D eigenvalue weighted by Crippen LogP contribution is 2.38. The predicted molar refractivity (Wildman–Crippen MR) is 65.7 cm³/mol. The fourth-order valence-corrected chi connectivity index (χ4v) is 2.83. The third kappa shape index (κ3) is 2.96. The summed E-state index contributed by atoms with van der Waals surface area (Å²) in [4.78, 5) is 25.9. The second kappa shape index (κ2) is 5.20. The van der Waals surface area contributed by atoms with Crippen molar-refractivity contribution in [3.63, 3.8) is 0 Å². The van der Waals surface area contributed by atoms with Crippen LogP contribution in [0.5, 0.6) is 0 Å². The Labute approximate surface area is 120 Å². The normalized spacial score (nSPS) is 24.4. The van der Waals surface area contributed by atoms with E-state index in [1.165, 1.54) is 11.9 Å². The van der Waals surface area contributed by atoms with Gasteiger partial charge < -0.3 is 9.80 Å². The lowest BCUT2D eigenvalue weighted by molar-refractivity contribution is -0.157. The molecular weight excluding hydrogens is 287 g/mol. The maximum atomic E-state index is 12.3. The molecule has 1 aliphatic carbocycles. The summed E-state index contributed by atoms with van der Waals surface area (Å²) >= 11 is 0. The molecule has 0 N–H and O–H groups in total. The van der Waals surface area contributed by atoms with E-state index >= 15 is 0 Å². The van der Waals surface area contributed by atoms with E-state index in [0.717, 1.165) is 6.42 Å². The quantitative estimate of drug-likeness (QED) is 0.789. The van der Waals surface area contributed by atoms with Crippen molar-refractivity contribution in [1.29, 1.82) is 5.26 Å². The van der Waals surface area contributed by atoms with Gasteiger partial charge in [0.1, 0.15) is 12.1 Å². The molecule has 1 unspecified atom stereocenters. The Morgan fingerprint density at radius 2 is 2.14 bits per heavy atom. The monoisotopic (exact) mass is 303 g/mol. The summed E-state index contributed by atoms with van der Waals surface area (Å²) in [6.45, 7) is -1.56. The van der Waals surface area contributed by atoms with Crippen LogP contribution in [-0.2, 0) is 9.59 Å². The van der Waals surface area contributed by atoms with E-state index in [0.29, 0.717) is 17.7 Å². The number of halogens is 3. The van der Waals surface area contributed by atoms with Gasteiger partial charge in [-0.3, -0.25) is 9.59 Å². The van der Waals surface area contributed by atoms with E-state index < -0.39 is 36.0 Å². The van der Waals surface area contributed by atoms with Gasteiger partial charge in [-0.1, -0.05) is 0 Å². The van der Waals surface area contributed by atoms with Gasteiger partial charge in [0.15, 0.2) is 0 Å². The zero-order chi connectivity index (χ0) is 15.8. The zero-order valence-electron chi connectivity index (χ0n) is 11.6. The molecule has 0 aromatic carbocycles. The third-order valence-corrected chi connectivity index (χ3v) is 4.30. The van der Waals surface area contributed by atoms with Crippen LogP contribution in [0.2, 0.25) is 0 Å². The molecule has 0 aromatic heterocycles. The van der Waals surface area contributed by atoms with Gasteiger partial charge in [0.05, 0.1) is 12.0 Å². The zero-order valence-corrected chi connectivity index (χ0v) is 11.6. The van der Waals surface area contributed by atoms with Gasteiger partial charge in [-0.25, -0.2) is 0 Å². The molecule has 0 spiro atoms. The van der Waals surface area contributed by atoms with E-state index in [-0.39, 0.29) is 13.0 Å². The molecule has 1 aliphatic heterocycles. The molecule has 2 amide bonds. The first-order valence-corrected chi connectivity index (χ1v) is 6.72. The molecule has 0 bridgehead atoms. The van der Waals surface area contributed by atoms with Gasteiger partial charge in [0, 0.05) is 20.0 Å². The average Bonchev–Trinajstić information content (AvgIpc) is 2.67. The first-order chi connectivity index (χ1) is 9.68. The lowest BCUT2D eigenvalue weighted by atomic mass is 9.76. The van der Waals surface area contributed by atoms with Crippen molar-refractivity contribution in [3.05, 3.63) is 0 Å². The lowest BCUT2D eigenvalue weighted by Crippen LogP contribution is -2.55. The molecule has 2 fully saturated rings. The molecule has 116 valence electrons. The Bertz CT molecular complexity index is 494. The average molecular weight is 303 g/mol. The van der Waals surface area contributed by atoms with E-state index in [4.69, 9.17) is 0 Å². The fourth-order valence-electron chi connectivity index (χ4n) is 2.83. The molecule has 8 heteroatoms. The van der Waals surface area contributed by atoms with Crippen LogP contribution >= 0.6 is 0 Å². The van der Waals surface area contributed by atoms with Crippen molar-refractivity contribution in [2.75, 3.05) is 20.1 Å². The van der Waals surface area contributed by atoms with Gasteiger partial charge in [-0.05, 0) is 19.3 Å². The Kier molecular flexibility index (Phi) is 3.87. The number of rotatable bonds is 3. The number of hydrogen-bond donors (Lipinski definition) is 0. The van der Waals surface area contributed by atoms with Gasteiger partial charge in [0.25, 0.3) is 0 Å². The Morgan fingerprint density at radius 1 is 1.52 bits per heavy atom. The minimum atomic E-state index is -4.47. The van der Waals surface area contributed by atoms with E-state index in [1.54, 1.807) is 0 Å². The van der Waals surface area contributed by atoms with Crippen molar-refractivity contribution in [1.82, 2.24) is 9.80 Å². The van der Waals surface area contributed by atoms with Crippen LogP contribution in [0.1, 0.15) is 25.7 Å². The smallest absolute Gasteiger partial charge is 0.333 e. The van der Waals surface area contributed by atoms with Gasteiger partial charge >= 0.3 is 6.18 Å². The lowest BCUT2D eigenvalue weighted by Gasteiger charge is -2.43. The summed E-state index contributed by atoms with van der Waals surface area (Å²) < 4.78 is 37.0. The minimum Gasteiger partial charge on any atom is -0.333 e. The number of nitrogens with zero attached hydrogens (tertiary/aromatic N) is 3. The topological polar surface area (TPSA) is 64.4 Å². The number of likely N-dealkylation sites (tertiary alicyclic amines) is 1. The fraction of sp³-hybridized carbons (Fsp3) is 0.769. The molecule has 0 radical (unpaired) electrons. The molecule has 2 aliphatic rings. The van der Waals surface area contributed by atoms with Crippen molar-refractivity contribution in [3.8, 4) is 6.07 Å². The van der Waals surface area contributed by atoms with Gasteiger partial charge in [0.2, 0.25) is 11.8 Å². The Morgan fingerprint density at radius 3 is 2.57 bits per heavy atom. The third-order valence-electron chi connectivity index (χ3n) is 4.30. The number of hydrogen-bond acceptors (Lipinski definition) is 3. The summed E-state index contributed by atoms with van der Waals surface area (Å²) in [5, 5.41) is 9.19. The number of amides is 2. The SMILES string of the molecule is CN(C(=O)C1CC(=O)N(CC(F)(F)F)C1)C1(C#N)CCC1. The summed E-state index contributed by atoms with van der Waals surface area (Å²) in [6.07, 6.45) is -2.71. The van der Waals surface area contributed by atoms with Gasteiger partial charge in [-0.2, -0.15) is 18.4 Å².